The number of hydrogen-bond acceptors (Lipinski definition) is 4. The van der Waals surface area contributed by atoms with Crippen molar-refractivity contribution >= 4 is 5.69 Å². The summed E-state index contributed by atoms with van der Waals surface area (Å²) in [5, 5.41) is 3.23. The number of anilines is 1. The quantitative estimate of drug-likeness (QED) is 0.732. The summed E-state index contributed by atoms with van der Waals surface area (Å²) in [7, 11) is 6.01. The molecule has 1 rings (SSSR count). The Morgan fingerprint density at radius 2 is 2.29 bits per heavy atom. The Labute approximate surface area is 85.1 Å². The summed E-state index contributed by atoms with van der Waals surface area (Å²) in [4.78, 5) is 6.20. The van der Waals surface area contributed by atoms with Crippen LogP contribution in [0.2, 0.25) is 0 Å². The normalized spacial score (nSPS) is 13.1. The van der Waals surface area contributed by atoms with E-state index in [1.165, 1.54) is 0 Å². The Balaban J connectivity index is 2.83. The Morgan fingerprint density at radius 3 is 2.79 bits per heavy atom. The fraction of sp³-hybridized carbons (Fsp3) is 0.500. The van der Waals surface area contributed by atoms with E-state index in [0.717, 1.165) is 17.8 Å². The molecule has 1 heterocycles. The Bertz CT molecular complexity index is 285. The lowest BCUT2D eigenvalue weighted by Crippen LogP contribution is -2.29. The lowest BCUT2D eigenvalue weighted by molar-refractivity contribution is 0.353. The van der Waals surface area contributed by atoms with Crippen molar-refractivity contribution in [2.45, 2.75) is 6.04 Å². The van der Waals surface area contributed by atoms with Crippen LogP contribution in [0.3, 0.4) is 0 Å². The van der Waals surface area contributed by atoms with Crippen LogP contribution in [0.15, 0.2) is 18.5 Å². The first-order valence-electron chi connectivity index (χ1n) is 4.66. The van der Waals surface area contributed by atoms with Gasteiger partial charge in [0.2, 0.25) is 0 Å². The summed E-state index contributed by atoms with van der Waals surface area (Å²) in [5.74, 6) is 0. The van der Waals surface area contributed by atoms with Crippen LogP contribution in [0.4, 0.5) is 5.69 Å². The second-order valence-corrected chi connectivity index (χ2v) is 3.61. The molecule has 4 nitrogen and oxygen atoms in total. The van der Waals surface area contributed by atoms with E-state index in [0.29, 0.717) is 0 Å². The second-order valence-electron chi connectivity index (χ2n) is 3.61. The summed E-state index contributed by atoms with van der Waals surface area (Å²) in [6, 6.07) is 2.06. The molecule has 0 aliphatic rings. The van der Waals surface area contributed by atoms with E-state index in [1.807, 2.05) is 33.4 Å². The predicted octanol–water partition coefficient (Wildman–Crippen LogP) is 0.486. The van der Waals surface area contributed by atoms with E-state index in [9.17, 15) is 0 Å². The number of nitrogens with one attached hydrogen (secondary N) is 1. The molecule has 1 aromatic rings. The number of hydrogen-bond donors (Lipinski definition) is 2. The van der Waals surface area contributed by atoms with Crippen LogP contribution in [0.25, 0.3) is 0 Å². The smallest absolute Gasteiger partial charge is 0.0482 e. The van der Waals surface area contributed by atoms with Gasteiger partial charge in [0.25, 0.3) is 0 Å². The highest BCUT2D eigenvalue weighted by Gasteiger charge is 2.12. The van der Waals surface area contributed by atoms with Gasteiger partial charge in [0.15, 0.2) is 0 Å². The van der Waals surface area contributed by atoms with Crippen molar-refractivity contribution in [2.24, 2.45) is 0 Å². The highest BCUT2D eigenvalue weighted by molar-refractivity contribution is 5.46. The summed E-state index contributed by atoms with van der Waals surface area (Å²) < 4.78 is 0. The minimum atomic E-state index is 0.235. The average molecular weight is 194 g/mol. The topological polar surface area (TPSA) is 54.2 Å². The third-order valence-electron chi connectivity index (χ3n) is 2.16. The molecule has 0 radical (unpaired) electrons. The molecule has 1 atom stereocenters. The van der Waals surface area contributed by atoms with E-state index in [4.69, 9.17) is 5.73 Å². The minimum Gasteiger partial charge on any atom is -0.398 e. The lowest BCUT2D eigenvalue weighted by Gasteiger charge is -2.21. The molecule has 78 valence electrons. The fourth-order valence-electron chi connectivity index (χ4n) is 1.42. The van der Waals surface area contributed by atoms with Gasteiger partial charge < -0.3 is 16.0 Å². The fourth-order valence-corrected chi connectivity index (χ4v) is 1.42. The monoisotopic (exact) mass is 194 g/mol. The predicted molar refractivity (Wildman–Crippen MR) is 59.0 cm³/mol. The van der Waals surface area contributed by atoms with Gasteiger partial charge in [-0.3, -0.25) is 4.98 Å². The van der Waals surface area contributed by atoms with Gasteiger partial charge in [0.1, 0.15) is 0 Å². The summed E-state index contributed by atoms with van der Waals surface area (Å²) in [6.07, 6.45) is 3.53. The zero-order chi connectivity index (χ0) is 10.6. The molecule has 0 amide bonds. The van der Waals surface area contributed by atoms with Crippen molar-refractivity contribution in [1.29, 1.82) is 0 Å². The highest BCUT2D eigenvalue weighted by Crippen LogP contribution is 2.18. The van der Waals surface area contributed by atoms with Crippen molar-refractivity contribution in [3.63, 3.8) is 0 Å². The molecule has 0 bridgehead atoms. The van der Waals surface area contributed by atoms with E-state index < -0.39 is 0 Å². The average Bonchev–Trinajstić information content (AvgIpc) is 2.15. The van der Waals surface area contributed by atoms with Crippen LogP contribution in [0, 0.1) is 0 Å². The van der Waals surface area contributed by atoms with Crippen LogP contribution in [-0.2, 0) is 0 Å². The van der Waals surface area contributed by atoms with Gasteiger partial charge in [-0.25, -0.2) is 0 Å². The van der Waals surface area contributed by atoms with Crippen molar-refractivity contribution < 1.29 is 0 Å². The zero-order valence-corrected chi connectivity index (χ0v) is 8.99. The summed E-state index contributed by atoms with van der Waals surface area (Å²) in [6.45, 7) is 0.909. The maximum Gasteiger partial charge on any atom is 0.0482 e. The number of pyridine rings is 1. The molecule has 3 N–H and O–H groups in total. The van der Waals surface area contributed by atoms with Crippen LogP contribution < -0.4 is 11.1 Å². The molecule has 1 aromatic heterocycles. The van der Waals surface area contributed by atoms with Gasteiger partial charge in [0, 0.05) is 36.2 Å². The Morgan fingerprint density at radius 1 is 1.57 bits per heavy atom. The molecule has 0 spiro atoms. The summed E-state index contributed by atoms with van der Waals surface area (Å²) in [5.41, 5.74) is 7.73. The first kappa shape index (κ1) is 10.9. The molecule has 0 saturated heterocycles. The standard InChI is InChI=1S/C10H18N4/c1-12-10(7-14(2)3)8-6-13-5-4-9(8)11/h4-6,10,12H,7H2,1-3H3,(H2,11,13). The van der Waals surface area contributed by atoms with Gasteiger partial charge in [-0.2, -0.15) is 0 Å². The molecular weight excluding hydrogens is 176 g/mol. The molecule has 4 heteroatoms. The molecule has 0 fully saturated rings. The van der Waals surface area contributed by atoms with E-state index in [2.05, 4.69) is 15.2 Å². The van der Waals surface area contributed by atoms with Gasteiger partial charge >= 0.3 is 0 Å². The van der Waals surface area contributed by atoms with Gasteiger partial charge in [-0.05, 0) is 27.2 Å². The Hall–Kier alpha value is -1.13. The number of nitrogens with two attached hydrogens (primary N) is 1. The van der Waals surface area contributed by atoms with Crippen LogP contribution >= 0.6 is 0 Å². The van der Waals surface area contributed by atoms with Crippen LogP contribution in [0.1, 0.15) is 11.6 Å². The third kappa shape index (κ3) is 2.68. The Kier molecular flexibility index (Phi) is 3.85. The molecule has 0 saturated carbocycles. The highest BCUT2D eigenvalue weighted by atomic mass is 15.1. The lowest BCUT2D eigenvalue weighted by atomic mass is 10.1. The molecule has 14 heavy (non-hydrogen) atoms. The SMILES string of the molecule is CNC(CN(C)C)c1cnccc1N. The first-order valence-corrected chi connectivity index (χ1v) is 4.66. The summed E-state index contributed by atoms with van der Waals surface area (Å²) >= 11 is 0. The third-order valence-corrected chi connectivity index (χ3v) is 2.16. The first-order chi connectivity index (χ1) is 6.65. The minimum absolute atomic E-state index is 0.235. The van der Waals surface area contributed by atoms with Gasteiger partial charge in [-0.1, -0.05) is 0 Å². The van der Waals surface area contributed by atoms with E-state index in [-0.39, 0.29) is 6.04 Å². The van der Waals surface area contributed by atoms with Crippen LogP contribution in [0.5, 0.6) is 0 Å². The molecule has 1 unspecified atom stereocenters. The number of nitrogen functional groups attached to an aromatic ring is 1. The molecule has 0 aromatic carbocycles. The molecule has 0 aliphatic heterocycles. The molecule has 0 aliphatic carbocycles. The van der Waals surface area contributed by atoms with E-state index >= 15 is 0 Å². The zero-order valence-electron chi connectivity index (χ0n) is 8.99. The van der Waals surface area contributed by atoms with Crippen molar-refractivity contribution in [3.05, 3.63) is 24.0 Å². The second kappa shape index (κ2) is 4.93. The van der Waals surface area contributed by atoms with Gasteiger partial charge in [0.05, 0.1) is 0 Å². The number of nitrogens with zero attached hydrogens (tertiary/aromatic N) is 2. The van der Waals surface area contributed by atoms with Crippen LogP contribution in [-0.4, -0.2) is 37.6 Å². The van der Waals surface area contributed by atoms with Crippen molar-refractivity contribution in [2.75, 3.05) is 33.4 Å². The number of likely N-dealkylation sites (N-methyl/N-ethyl adjacent to an activating group) is 2. The van der Waals surface area contributed by atoms with E-state index in [1.54, 1.807) is 6.20 Å². The number of rotatable bonds is 4. The van der Waals surface area contributed by atoms with Crippen molar-refractivity contribution in [3.8, 4) is 0 Å². The number of aromatic nitrogens is 1. The largest absolute Gasteiger partial charge is 0.398 e. The maximum absolute atomic E-state index is 5.87. The van der Waals surface area contributed by atoms with Crippen molar-refractivity contribution in [1.82, 2.24) is 15.2 Å². The van der Waals surface area contributed by atoms with Gasteiger partial charge in [-0.15, -0.1) is 0 Å². The molecular formula is C10H18N4. The maximum atomic E-state index is 5.87.